The molecule has 1 heterocycles. The van der Waals surface area contributed by atoms with Gasteiger partial charge in [0.2, 0.25) is 0 Å². The van der Waals surface area contributed by atoms with Gasteiger partial charge < -0.3 is 10.3 Å². The number of likely N-dealkylation sites (N-methyl/N-ethyl adjacent to an activating group) is 1. The fourth-order valence-electron chi connectivity index (χ4n) is 1.61. The average molecular weight is 191 g/mol. The number of benzene rings is 1. The van der Waals surface area contributed by atoms with Crippen molar-refractivity contribution in [3.05, 3.63) is 30.3 Å². The van der Waals surface area contributed by atoms with Crippen molar-refractivity contribution in [3.8, 4) is 0 Å². The van der Waals surface area contributed by atoms with Gasteiger partial charge in [0.25, 0.3) is 0 Å². The Labute approximate surface area is 85.3 Å². The van der Waals surface area contributed by atoms with E-state index in [1.807, 2.05) is 6.07 Å². The highest BCUT2D eigenvalue weighted by atomic mass is 15.5. The van der Waals surface area contributed by atoms with Crippen LogP contribution in [-0.2, 0) is 0 Å². The Morgan fingerprint density at radius 1 is 1.00 bits per heavy atom. The van der Waals surface area contributed by atoms with E-state index in [4.69, 9.17) is 0 Å². The number of hydrogen-bond acceptors (Lipinski definition) is 3. The van der Waals surface area contributed by atoms with Crippen LogP contribution < -0.4 is 5.43 Å². The molecule has 3 heteroatoms. The monoisotopic (exact) mass is 191 g/mol. The highest BCUT2D eigenvalue weighted by molar-refractivity contribution is 5.41. The lowest BCUT2D eigenvalue weighted by Crippen LogP contribution is -2.46. The molecule has 1 aliphatic rings. The molecule has 0 unspecified atom stereocenters. The van der Waals surface area contributed by atoms with E-state index in [0.717, 1.165) is 26.2 Å². The van der Waals surface area contributed by atoms with Gasteiger partial charge in [-0.05, 0) is 19.2 Å². The molecule has 1 saturated heterocycles. The first-order valence-corrected chi connectivity index (χ1v) is 5.10. The van der Waals surface area contributed by atoms with E-state index < -0.39 is 0 Å². The summed E-state index contributed by atoms with van der Waals surface area (Å²) in [5.41, 5.74) is 4.59. The average Bonchev–Trinajstić information content (AvgIpc) is 2.23. The van der Waals surface area contributed by atoms with Gasteiger partial charge in [-0.1, -0.05) is 18.2 Å². The van der Waals surface area contributed by atoms with Crippen molar-refractivity contribution in [2.24, 2.45) is 0 Å². The van der Waals surface area contributed by atoms with E-state index in [1.165, 1.54) is 5.69 Å². The van der Waals surface area contributed by atoms with E-state index >= 15 is 0 Å². The molecule has 0 spiro atoms. The third-order valence-electron chi connectivity index (χ3n) is 2.56. The summed E-state index contributed by atoms with van der Waals surface area (Å²) in [6.07, 6.45) is 0. The zero-order valence-corrected chi connectivity index (χ0v) is 8.61. The Bertz CT molecular complexity index is 265. The SMILES string of the molecule is CN1CCN(Nc2ccccc2)CC1. The molecular weight excluding hydrogens is 174 g/mol. The second-order valence-electron chi connectivity index (χ2n) is 3.77. The first-order valence-electron chi connectivity index (χ1n) is 5.10. The number of piperazine rings is 1. The smallest absolute Gasteiger partial charge is 0.0490 e. The van der Waals surface area contributed by atoms with Crippen LogP contribution in [0, 0.1) is 0 Å². The summed E-state index contributed by atoms with van der Waals surface area (Å²) >= 11 is 0. The fourth-order valence-corrected chi connectivity index (χ4v) is 1.61. The number of nitrogens with zero attached hydrogens (tertiary/aromatic N) is 2. The predicted octanol–water partition coefficient (Wildman–Crippen LogP) is 1.26. The van der Waals surface area contributed by atoms with E-state index in [1.54, 1.807) is 0 Å². The molecule has 1 aromatic rings. The van der Waals surface area contributed by atoms with Crippen LogP contribution in [0.1, 0.15) is 0 Å². The third kappa shape index (κ3) is 2.47. The molecule has 0 saturated carbocycles. The molecule has 0 amide bonds. The number of anilines is 1. The van der Waals surface area contributed by atoms with Gasteiger partial charge >= 0.3 is 0 Å². The highest BCUT2D eigenvalue weighted by Crippen LogP contribution is 2.08. The summed E-state index contributed by atoms with van der Waals surface area (Å²) in [5, 5.41) is 2.27. The Hall–Kier alpha value is -1.06. The van der Waals surface area contributed by atoms with Crippen molar-refractivity contribution < 1.29 is 0 Å². The minimum Gasteiger partial charge on any atom is -0.319 e. The van der Waals surface area contributed by atoms with Crippen LogP contribution in [-0.4, -0.2) is 43.1 Å². The van der Waals surface area contributed by atoms with E-state index in [2.05, 4.69) is 46.6 Å². The highest BCUT2D eigenvalue weighted by Gasteiger charge is 2.12. The van der Waals surface area contributed by atoms with Crippen LogP contribution in [0.2, 0.25) is 0 Å². The maximum absolute atomic E-state index is 3.41. The van der Waals surface area contributed by atoms with Gasteiger partial charge in [0.1, 0.15) is 0 Å². The second kappa shape index (κ2) is 4.44. The van der Waals surface area contributed by atoms with Gasteiger partial charge in [-0.25, -0.2) is 5.01 Å². The second-order valence-corrected chi connectivity index (χ2v) is 3.77. The summed E-state index contributed by atoms with van der Waals surface area (Å²) in [6.45, 7) is 4.45. The first kappa shape index (κ1) is 9.49. The third-order valence-corrected chi connectivity index (χ3v) is 2.56. The van der Waals surface area contributed by atoms with Gasteiger partial charge in [0.05, 0.1) is 0 Å². The molecule has 0 radical (unpaired) electrons. The van der Waals surface area contributed by atoms with Gasteiger partial charge in [-0.2, -0.15) is 0 Å². The summed E-state index contributed by atoms with van der Waals surface area (Å²) in [4.78, 5) is 2.35. The van der Waals surface area contributed by atoms with Crippen LogP contribution in [0.3, 0.4) is 0 Å². The summed E-state index contributed by atoms with van der Waals surface area (Å²) in [5.74, 6) is 0. The molecule has 76 valence electrons. The molecule has 1 aliphatic heterocycles. The molecular formula is C11H17N3. The lowest BCUT2D eigenvalue weighted by Gasteiger charge is -2.33. The zero-order chi connectivity index (χ0) is 9.80. The van der Waals surface area contributed by atoms with Crippen LogP contribution >= 0.6 is 0 Å². The molecule has 0 aromatic heterocycles. The zero-order valence-electron chi connectivity index (χ0n) is 8.61. The molecule has 0 aliphatic carbocycles. The van der Waals surface area contributed by atoms with Crippen molar-refractivity contribution in [2.75, 3.05) is 38.7 Å². The normalized spacial score (nSPS) is 19.5. The largest absolute Gasteiger partial charge is 0.319 e. The Balaban J connectivity index is 1.87. The van der Waals surface area contributed by atoms with E-state index in [9.17, 15) is 0 Å². The number of hydrogen-bond donors (Lipinski definition) is 1. The van der Waals surface area contributed by atoms with Crippen molar-refractivity contribution in [2.45, 2.75) is 0 Å². The van der Waals surface area contributed by atoms with Crippen molar-refractivity contribution in [1.29, 1.82) is 0 Å². The molecule has 1 N–H and O–H groups in total. The topological polar surface area (TPSA) is 18.5 Å². The van der Waals surface area contributed by atoms with Crippen molar-refractivity contribution in [1.82, 2.24) is 9.91 Å². The van der Waals surface area contributed by atoms with Crippen molar-refractivity contribution >= 4 is 5.69 Å². The summed E-state index contributed by atoms with van der Waals surface area (Å²) in [7, 11) is 2.17. The van der Waals surface area contributed by atoms with Gasteiger partial charge in [-0.3, -0.25) is 0 Å². The quantitative estimate of drug-likeness (QED) is 0.759. The maximum Gasteiger partial charge on any atom is 0.0490 e. The number of nitrogens with one attached hydrogen (secondary N) is 1. The minimum atomic E-state index is 1.09. The van der Waals surface area contributed by atoms with E-state index in [0.29, 0.717) is 0 Å². The van der Waals surface area contributed by atoms with Gasteiger partial charge in [-0.15, -0.1) is 0 Å². The molecule has 2 rings (SSSR count). The van der Waals surface area contributed by atoms with Crippen molar-refractivity contribution in [3.63, 3.8) is 0 Å². The lowest BCUT2D eigenvalue weighted by atomic mass is 10.3. The Kier molecular flexibility index (Phi) is 3.01. The van der Waals surface area contributed by atoms with Crippen LogP contribution in [0.15, 0.2) is 30.3 Å². The van der Waals surface area contributed by atoms with Gasteiger partial charge in [0.15, 0.2) is 0 Å². The van der Waals surface area contributed by atoms with Crippen LogP contribution in [0.5, 0.6) is 0 Å². The number of rotatable bonds is 2. The Morgan fingerprint density at radius 2 is 1.64 bits per heavy atom. The number of hydrazine groups is 1. The first-order chi connectivity index (χ1) is 6.84. The van der Waals surface area contributed by atoms with E-state index in [-0.39, 0.29) is 0 Å². The summed E-state index contributed by atoms with van der Waals surface area (Å²) in [6, 6.07) is 10.3. The maximum atomic E-state index is 3.41. The lowest BCUT2D eigenvalue weighted by molar-refractivity contribution is 0.179. The molecule has 3 nitrogen and oxygen atoms in total. The molecule has 0 bridgehead atoms. The van der Waals surface area contributed by atoms with Crippen LogP contribution in [0.25, 0.3) is 0 Å². The van der Waals surface area contributed by atoms with Gasteiger partial charge in [0, 0.05) is 31.9 Å². The number of para-hydroxylation sites is 1. The summed E-state index contributed by atoms with van der Waals surface area (Å²) < 4.78 is 0. The molecule has 0 atom stereocenters. The molecule has 14 heavy (non-hydrogen) atoms. The molecule has 1 fully saturated rings. The Morgan fingerprint density at radius 3 is 2.29 bits per heavy atom. The minimum absolute atomic E-state index is 1.09. The fraction of sp³-hybridized carbons (Fsp3) is 0.455. The van der Waals surface area contributed by atoms with Crippen LogP contribution in [0.4, 0.5) is 5.69 Å². The predicted molar refractivity (Wildman–Crippen MR) is 59.1 cm³/mol. The standard InChI is InChI=1S/C11H17N3/c1-13-7-9-14(10-8-13)12-11-5-3-2-4-6-11/h2-6,12H,7-10H2,1H3. The molecule has 1 aromatic carbocycles.